The molecule has 6 nitrogen and oxygen atoms in total. The van der Waals surface area contributed by atoms with Gasteiger partial charge in [0.15, 0.2) is 6.29 Å². The number of benzene rings is 1. The molecule has 0 radical (unpaired) electrons. The summed E-state index contributed by atoms with van der Waals surface area (Å²) in [6, 6.07) is 6.06. The summed E-state index contributed by atoms with van der Waals surface area (Å²) in [7, 11) is 0. The van der Waals surface area contributed by atoms with Crippen molar-refractivity contribution in [3.05, 3.63) is 47.5 Å². The number of amides is 1. The molecule has 0 saturated carbocycles. The SMILES string of the molecule is Cc1c(C(=O)N2CCCC(C3OCCO3)C2)cnn1-c1ccc(F)cc1. The molecule has 0 N–H and O–H groups in total. The van der Waals surface area contributed by atoms with Crippen LogP contribution < -0.4 is 0 Å². The summed E-state index contributed by atoms with van der Waals surface area (Å²) in [6.07, 6.45) is 3.33. The Morgan fingerprint density at radius 3 is 2.69 bits per heavy atom. The number of carbonyl (C=O) groups is 1. The van der Waals surface area contributed by atoms with Crippen LogP contribution in [0.4, 0.5) is 4.39 Å². The van der Waals surface area contributed by atoms with E-state index >= 15 is 0 Å². The van der Waals surface area contributed by atoms with Crippen LogP contribution in [0.1, 0.15) is 28.9 Å². The Balaban J connectivity index is 1.52. The predicted octanol–water partition coefficient (Wildman–Crippen LogP) is 2.54. The molecule has 2 saturated heterocycles. The minimum atomic E-state index is -0.300. The Kier molecular flexibility index (Phi) is 4.74. The number of hydrogen-bond donors (Lipinski definition) is 0. The molecule has 2 aliphatic rings. The van der Waals surface area contributed by atoms with E-state index in [2.05, 4.69) is 5.10 Å². The van der Waals surface area contributed by atoms with Gasteiger partial charge in [-0.25, -0.2) is 9.07 Å². The number of likely N-dealkylation sites (tertiary alicyclic amines) is 1. The first-order chi connectivity index (χ1) is 12.6. The van der Waals surface area contributed by atoms with Gasteiger partial charge in [-0.3, -0.25) is 4.79 Å². The highest BCUT2D eigenvalue weighted by Crippen LogP contribution is 2.26. The highest BCUT2D eigenvalue weighted by Gasteiger charge is 2.33. The summed E-state index contributed by atoms with van der Waals surface area (Å²) in [4.78, 5) is 14.9. The van der Waals surface area contributed by atoms with E-state index in [4.69, 9.17) is 9.47 Å². The quantitative estimate of drug-likeness (QED) is 0.845. The van der Waals surface area contributed by atoms with Gasteiger partial charge in [0.2, 0.25) is 0 Å². The number of halogens is 1. The third kappa shape index (κ3) is 3.24. The molecule has 1 atom stereocenters. The summed E-state index contributed by atoms with van der Waals surface area (Å²) in [5, 5.41) is 4.33. The molecule has 0 bridgehead atoms. The molecule has 2 fully saturated rings. The van der Waals surface area contributed by atoms with Crippen LogP contribution in [0.2, 0.25) is 0 Å². The van der Waals surface area contributed by atoms with Crippen LogP contribution in [0, 0.1) is 18.7 Å². The lowest BCUT2D eigenvalue weighted by atomic mass is 9.97. The normalized spacial score (nSPS) is 21.3. The van der Waals surface area contributed by atoms with Gasteiger partial charge in [0.05, 0.1) is 36.4 Å². The lowest BCUT2D eigenvalue weighted by Crippen LogP contribution is -2.44. The van der Waals surface area contributed by atoms with Crippen LogP contribution in [0.15, 0.2) is 30.5 Å². The number of hydrogen-bond acceptors (Lipinski definition) is 4. The fourth-order valence-corrected chi connectivity index (χ4v) is 3.70. The van der Waals surface area contributed by atoms with Gasteiger partial charge in [-0.05, 0) is 44.0 Å². The molecule has 0 spiro atoms. The smallest absolute Gasteiger partial charge is 0.257 e. The van der Waals surface area contributed by atoms with Crippen molar-refractivity contribution in [2.75, 3.05) is 26.3 Å². The van der Waals surface area contributed by atoms with Crippen molar-refractivity contribution in [2.45, 2.75) is 26.1 Å². The van der Waals surface area contributed by atoms with E-state index in [-0.39, 0.29) is 23.9 Å². The Labute approximate surface area is 151 Å². The number of ether oxygens (including phenoxy) is 2. The highest BCUT2D eigenvalue weighted by molar-refractivity contribution is 5.95. The molecule has 3 heterocycles. The molecular weight excluding hydrogens is 337 g/mol. The van der Waals surface area contributed by atoms with Crippen molar-refractivity contribution in [3.63, 3.8) is 0 Å². The average Bonchev–Trinajstić information content (AvgIpc) is 3.32. The van der Waals surface area contributed by atoms with Gasteiger partial charge < -0.3 is 14.4 Å². The van der Waals surface area contributed by atoms with Crippen molar-refractivity contribution in [1.29, 1.82) is 0 Å². The zero-order valence-electron chi connectivity index (χ0n) is 14.7. The zero-order chi connectivity index (χ0) is 18.1. The average molecular weight is 359 g/mol. The molecule has 138 valence electrons. The van der Waals surface area contributed by atoms with Gasteiger partial charge in [0.25, 0.3) is 5.91 Å². The maximum Gasteiger partial charge on any atom is 0.257 e. The molecule has 2 aromatic rings. The van der Waals surface area contributed by atoms with E-state index < -0.39 is 0 Å². The van der Waals surface area contributed by atoms with E-state index in [1.165, 1.54) is 12.1 Å². The summed E-state index contributed by atoms with van der Waals surface area (Å²) in [5.74, 6) is -0.119. The fraction of sp³-hybridized carbons (Fsp3) is 0.474. The van der Waals surface area contributed by atoms with Crippen molar-refractivity contribution < 1.29 is 18.7 Å². The third-order valence-electron chi connectivity index (χ3n) is 5.09. The Hall–Kier alpha value is -2.25. The molecular formula is C19H22FN3O3. The van der Waals surface area contributed by atoms with Crippen LogP contribution >= 0.6 is 0 Å². The Morgan fingerprint density at radius 1 is 1.23 bits per heavy atom. The Bertz CT molecular complexity index is 784. The summed E-state index contributed by atoms with van der Waals surface area (Å²) < 4.78 is 26.0. The summed E-state index contributed by atoms with van der Waals surface area (Å²) in [6.45, 7) is 4.46. The molecule has 1 aromatic heterocycles. The Morgan fingerprint density at radius 2 is 1.96 bits per heavy atom. The molecule has 7 heteroatoms. The van der Waals surface area contributed by atoms with E-state index in [1.807, 2.05) is 11.8 Å². The fourth-order valence-electron chi connectivity index (χ4n) is 3.70. The van der Waals surface area contributed by atoms with E-state index in [9.17, 15) is 9.18 Å². The second-order valence-electron chi connectivity index (χ2n) is 6.80. The maximum atomic E-state index is 13.1. The topological polar surface area (TPSA) is 56.6 Å². The van der Waals surface area contributed by atoms with Gasteiger partial charge in [0, 0.05) is 19.0 Å². The molecule has 4 rings (SSSR count). The molecule has 26 heavy (non-hydrogen) atoms. The van der Waals surface area contributed by atoms with Crippen LogP contribution in [0.25, 0.3) is 5.69 Å². The zero-order valence-corrected chi connectivity index (χ0v) is 14.7. The molecule has 1 amide bonds. The van der Waals surface area contributed by atoms with Gasteiger partial charge >= 0.3 is 0 Å². The van der Waals surface area contributed by atoms with Gasteiger partial charge in [-0.15, -0.1) is 0 Å². The van der Waals surface area contributed by atoms with Crippen LogP contribution in [0.3, 0.4) is 0 Å². The number of nitrogens with zero attached hydrogens (tertiary/aromatic N) is 3. The van der Waals surface area contributed by atoms with Crippen molar-refractivity contribution >= 4 is 5.91 Å². The van der Waals surface area contributed by atoms with Crippen LogP contribution in [-0.4, -0.2) is 53.2 Å². The monoisotopic (exact) mass is 359 g/mol. The van der Waals surface area contributed by atoms with Gasteiger partial charge in [0.1, 0.15) is 5.82 Å². The van der Waals surface area contributed by atoms with Crippen molar-refractivity contribution in [3.8, 4) is 5.69 Å². The van der Waals surface area contributed by atoms with Gasteiger partial charge in [-0.1, -0.05) is 0 Å². The first-order valence-electron chi connectivity index (χ1n) is 8.96. The number of carbonyl (C=O) groups excluding carboxylic acids is 1. The second-order valence-corrected chi connectivity index (χ2v) is 6.80. The predicted molar refractivity (Wildman–Crippen MR) is 92.6 cm³/mol. The highest BCUT2D eigenvalue weighted by atomic mass is 19.1. The molecule has 0 aliphatic carbocycles. The number of piperidine rings is 1. The van der Waals surface area contributed by atoms with Crippen LogP contribution in [-0.2, 0) is 9.47 Å². The summed E-state index contributed by atoms with van der Waals surface area (Å²) in [5.41, 5.74) is 2.05. The van der Waals surface area contributed by atoms with E-state index in [0.717, 1.165) is 30.8 Å². The van der Waals surface area contributed by atoms with Crippen LogP contribution in [0.5, 0.6) is 0 Å². The minimum absolute atomic E-state index is 0.0291. The minimum Gasteiger partial charge on any atom is -0.350 e. The second kappa shape index (κ2) is 7.17. The molecule has 1 unspecified atom stereocenters. The van der Waals surface area contributed by atoms with E-state index in [1.54, 1.807) is 23.0 Å². The van der Waals surface area contributed by atoms with E-state index in [0.29, 0.717) is 25.3 Å². The standard InChI is InChI=1S/C19H22FN3O3/c1-13-17(11-21-23(13)16-6-4-15(20)5-7-16)18(24)22-8-2-3-14(12-22)19-25-9-10-26-19/h4-7,11,14,19H,2-3,8-10,12H2,1H3. The molecule has 2 aliphatic heterocycles. The maximum absolute atomic E-state index is 13.1. The molecule has 1 aromatic carbocycles. The number of aromatic nitrogens is 2. The lowest BCUT2D eigenvalue weighted by Gasteiger charge is -2.34. The first-order valence-corrected chi connectivity index (χ1v) is 8.96. The first kappa shape index (κ1) is 17.2. The van der Waals surface area contributed by atoms with Crippen molar-refractivity contribution in [1.82, 2.24) is 14.7 Å². The summed E-state index contributed by atoms with van der Waals surface area (Å²) >= 11 is 0. The van der Waals surface area contributed by atoms with Gasteiger partial charge in [-0.2, -0.15) is 5.10 Å². The lowest BCUT2D eigenvalue weighted by molar-refractivity contribution is -0.0969. The number of rotatable bonds is 3. The largest absolute Gasteiger partial charge is 0.350 e. The van der Waals surface area contributed by atoms with Crippen molar-refractivity contribution in [2.24, 2.45) is 5.92 Å². The third-order valence-corrected chi connectivity index (χ3v) is 5.09.